The van der Waals surface area contributed by atoms with Crippen LogP contribution in [-0.4, -0.2) is 47.6 Å². The van der Waals surface area contributed by atoms with E-state index in [2.05, 4.69) is 0 Å². The van der Waals surface area contributed by atoms with Crippen molar-refractivity contribution >= 4 is 17.3 Å². The van der Waals surface area contributed by atoms with Gasteiger partial charge in [0.1, 0.15) is 0 Å². The van der Waals surface area contributed by atoms with Crippen LogP contribution in [0, 0.1) is 10.1 Å². The topological polar surface area (TPSA) is 98.5 Å². The van der Waals surface area contributed by atoms with Crippen molar-refractivity contribution in [1.29, 1.82) is 0 Å². The molecule has 0 radical (unpaired) electrons. The minimum Gasteiger partial charge on any atom is -0.493 e. The lowest BCUT2D eigenvalue weighted by molar-refractivity contribution is -0.384. The minimum atomic E-state index is -0.439. The van der Waals surface area contributed by atoms with E-state index in [1.807, 2.05) is 30.3 Å². The molecule has 0 bridgehead atoms. The van der Waals surface area contributed by atoms with Gasteiger partial charge >= 0.3 is 0 Å². The van der Waals surface area contributed by atoms with Gasteiger partial charge in [0.25, 0.3) is 5.69 Å². The molecule has 0 saturated heterocycles. The number of hydrogen-bond acceptors (Lipinski definition) is 8. The predicted molar refractivity (Wildman–Crippen MR) is 132 cm³/mol. The summed E-state index contributed by atoms with van der Waals surface area (Å²) in [6.07, 6.45) is 1.91. The molecule has 0 heterocycles. The number of hydrogen-bond donors (Lipinski definition) is 0. The monoisotopic (exact) mass is 481 g/mol. The summed E-state index contributed by atoms with van der Waals surface area (Å²) in [5.41, 5.74) is 2.96. The molecule has 9 nitrogen and oxygen atoms in total. The zero-order valence-electron chi connectivity index (χ0n) is 20.4. The number of non-ortho nitro benzene ring substituents is 1. The van der Waals surface area contributed by atoms with Crippen molar-refractivity contribution in [2.24, 2.45) is 0 Å². The van der Waals surface area contributed by atoms with Crippen LogP contribution in [0.15, 0.2) is 48.5 Å². The molecule has 3 aromatic carbocycles. The van der Waals surface area contributed by atoms with Crippen LogP contribution in [0.1, 0.15) is 16.7 Å². The van der Waals surface area contributed by atoms with Gasteiger partial charge in [-0.05, 0) is 64.7 Å². The molecule has 0 unspecified atom stereocenters. The normalized spacial score (nSPS) is 11.0. The highest BCUT2D eigenvalue weighted by Crippen LogP contribution is 2.43. The van der Waals surface area contributed by atoms with Crippen LogP contribution in [0.2, 0.25) is 0 Å². The summed E-state index contributed by atoms with van der Waals surface area (Å²) in [7, 11) is 9.23. The Morgan fingerprint density at radius 3 is 1.46 bits per heavy atom. The largest absolute Gasteiger partial charge is 0.493 e. The highest BCUT2D eigenvalue weighted by atomic mass is 16.6. The Bertz CT molecular complexity index is 1180. The van der Waals surface area contributed by atoms with Crippen molar-refractivity contribution < 1.29 is 33.3 Å². The second kappa shape index (κ2) is 11.1. The first kappa shape index (κ1) is 25.2. The number of ether oxygens (including phenoxy) is 6. The summed E-state index contributed by atoms with van der Waals surface area (Å²) in [6, 6.07) is 13.5. The number of rotatable bonds is 10. The van der Waals surface area contributed by atoms with Crippen molar-refractivity contribution in [2.45, 2.75) is 0 Å². The second-order valence-corrected chi connectivity index (χ2v) is 7.23. The molecule has 0 fully saturated rings. The maximum atomic E-state index is 11.2. The Labute approximate surface area is 203 Å². The fraction of sp³-hybridized carbons (Fsp3) is 0.231. The summed E-state index contributed by atoms with van der Waals surface area (Å²) in [4.78, 5) is 10.7. The van der Waals surface area contributed by atoms with Gasteiger partial charge in [-0.2, -0.15) is 0 Å². The molecule has 35 heavy (non-hydrogen) atoms. The zero-order chi connectivity index (χ0) is 25.5. The maximum Gasteiger partial charge on any atom is 0.269 e. The van der Waals surface area contributed by atoms with Crippen molar-refractivity contribution in [2.75, 3.05) is 42.7 Å². The Morgan fingerprint density at radius 1 is 0.657 bits per heavy atom. The van der Waals surface area contributed by atoms with Crippen LogP contribution in [0.25, 0.3) is 11.6 Å². The molecule has 0 atom stereocenters. The number of nitro groups is 1. The Morgan fingerprint density at radius 2 is 1.09 bits per heavy atom. The van der Waals surface area contributed by atoms with Crippen molar-refractivity contribution in [3.05, 3.63) is 75.3 Å². The van der Waals surface area contributed by atoms with Crippen LogP contribution in [0.3, 0.4) is 0 Å². The predicted octanol–water partition coefficient (Wildman–Crippen LogP) is 5.24. The van der Waals surface area contributed by atoms with E-state index in [0.717, 1.165) is 22.3 Å². The van der Waals surface area contributed by atoms with Gasteiger partial charge in [0.15, 0.2) is 23.0 Å². The highest BCUT2D eigenvalue weighted by Gasteiger charge is 2.18. The molecule has 0 aromatic heterocycles. The van der Waals surface area contributed by atoms with E-state index in [0.29, 0.717) is 34.5 Å². The van der Waals surface area contributed by atoms with Gasteiger partial charge in [-0.1, -0.05) is 0 Å². The fourth-order valence-electron chi connectivity index (χ4n) is 3.68. The summed E-state index contributed by atoms with van der Waals surface area (Å²) < 4.78 is 32.9. The van der Waals surface area contributed by atoms with Crippen molar-refractivity contribution in [1.82, 2.24) is 0 Å². The summed E-state index contributed by atoms with van der Waals surface area (Å²) in [5.74, 6) is 2.85. The lowest BCUT2D eigenvalue weighted by Gasteiger charge is -2.17. The standard InChI is InChI=1S/C26H27NO8/c1-30-21-12-16(13-22(31-2)25(21)34-5)11-20(17-7-9-19(10-8-17)27(28)29)18-14-23(32-3)26(35-6)24(15-18)33-4/h7-15H,1-6H3/b20-11-. The van der Waals surface area contributed by atoms with E-state index < -0.39 is 4.92 Å². The molecule has 0 N–H and O–H groups in total. The van der Waals surface area contributed by atoms with E-state index in [9.17, 15) is 10.1 Å². The van der Waals surface area contributed by atoms with Crippen LogP contribution < -0.4 is 28.4 Å². The lowest BCUT2D eigenvalue weighted by atomic mass is 9.94. The summed E-state index contributed by atoms with van der Waals surface area (Å²) in [5, 5.41) is 11.2. The lowest BCUT2D eigenvalue weighted by Crippen LogP contribution is -1.98. The first-order chi connectivity index (χ1) is 16.9. The van der Waals surface area contributed by atoms with Crippen molar-refractivity contribution in [3.8, 4) is 34.5 Å². The third-order valence-electron chi connectivity index (χ3n) is 5.36. The van der Waals surface area contributed by atoms with Gasteiger partial charge in [-0.25, -0.2) is 0 Å². The third-order valence-corrected chi connectivity index (χ3v) is 5.36. The van der Waals surface area contributed by atoms with Crippen molar-refractivity contribution in [3.63, 3.8) is 0 Å². The number of methoxy groups -OCH3 is 6. The first-order valence-corrected chi connectivity index (χ1v) is 10.5. The van der Waals surface area contributed by atoms with Gasteiger partial charge in [-0.15, -0.1) is 0 Å². The molecular formula is C26H27NO8. The van der Waals surface area contributed by atoms with Crippen LogP contribution >= 0.6 is 0 Å². The number of nitrogens with zero attached hydrogens (tertiary/aromatic N) is 1. The fourth-order valence-corrected chi connectivity index (χ4v) is 3.68. The Hall–Kier alpha value is -4.40. The number of benzene rings is 3. The Balaban J connectivity index is 2.30. The summed E-state index contributed by atoms with van der Waals surface area (Å²) >= 11 is 0. The van der Waals surface area contributed by atoms with E-state index in [-0.39, 0.29) is 5.69 Å². The van der Waals surface area contributed by atoms with Gasteiger partial charge in [-0.3, -0.25) is 10.1 Å². The van der Waals surface area contributed by atoms with Crippen LogP contribution in [-0.2, 0) is 0 Å². The molecule has 3 aromatic rings. The molecule has 0 saturated carbocycles. The third kappa shape index (κ3) is 5.24. The quantitative estimate of drug-likeness (QED) is 0.220. The number of nitro benzene ring substituents is 1. The van der Waals surface area contributed by atoms with Gasteiger partial charge < -0.3 is 28.4 Å². The molecule has 3 rings (SSSR count). The average Bonchev–Trinajstić information content (AvgIpc) is 2.90. The smallest absolute Gasteiger partial charge is 0.269 e. The molecule has 0 aliphatic carbocycles. The van der Waals surface area contributed by atoms with E-state index in [1.54, 1.807) is 26.4 Å². The van der Waals surface area contributed by atoms with Crippen LogP contribution in [0.4, 0.5) is 5.69 Å². The molecule has 9 heteroatoms. The molecular weight excluding hydrogens is 454 g/mol. The second-order valence-electron chi connectivity index (χ2n) is 7.23. The highest BCUT2D eigenvalue weighted by molar-refractivity contribution is 5.93. The Kier molecular flexibility index (Phi) is 8.04. The van der Waals surface area contributed by atoms with E-state index in [1.165, 1.54) is 40.6 Å². The SMILES string of the molecule is COc1cc(/C=C(/c2ccc([N+](=O)[O-])cc2)c2cc(OC)c(OC)c(OC)c2)cc(OC)c1OC. The maximum absolute atomic E-state index is 11.2. The minimum absolute atomic E-state index is 0.00854. The van der Waals surface area contributed by atoms with Gasteiger partial charge in [0.2, 0.25) is 11.5 Å². The molecule has 0 aliphatic rings. The molecule has 0 aliphatic heterocycles. The van der Waals surface area contributed by atoms with E-state index >= 15 is 0 Å². The summed E-state index contributed by atoms with van der Waals surface area (Å²) in [6.45, 7) is 0. The average molecular weight is 482 g/mol. The van der Waals surface area contributed by atoms with Gasteiger partial charge in [0, 0.05) is 12.1 Å². The zero-order valence-corrected chi connectivity index (χ0v) is 20.4. The molecule has 184 valence electrons. The van der Waals surface area contributed by atoms with E-state index in [4.69, 9.17) is 28.4 Å². The molecule has 0 amide bonds. The van der Waals surface area contributed by atoms with Crippen LogP contribution in [0.5, 0.6) is 34.5 Å². The first-order valence-electron chi connectivity index (χ1n) is 10.5. The van der Waals surface area contributed by atoms with Gasteiger partial charge in [0.05, 0.1) is 47.6 Å². The molecule has 0 spiro atoms.